The van der Waals surface area contributed by atoms with Crippen LogP contribution in [0.4, 0.5) is 5.69 Å². The Hall–Kier alpha value is -4.31. The van der Waals surface area contributed by atoms with Crippen molar-refractivity contribution in [3.63, 3.8) is 0 Å². The highest BCUT2D eigenvalue weighted by molar-refractivity contribution is 6.05. The van der Waals surface area contributed by atoms with Gasteiger partial charge >= 0.3 is 0 Å². The van der Waals surface area contributed by atoms with Crippen LogP contribution in [0.2, 0.25) is 0 Å². The lowest BCUT2D eigenvalue weighted by atomic mass is 10.0. The number of fused-ring (bicyclic) bond motifs is 1. The molecule has 1 amide bonds. The van der Waals surface area contributed by atoms with E-state index in [9.17, 15) is 4.79 Å². The molecule has 4 heteroatoms. The van der Waals surface area contributed by atoms with Gasteiger partial charge in [-0.2, -0.15) is 0 Å². The highest BCUT2D eigenvalue weighted by atomic mass is 16.1. The van der Waals surface area contributed by atoms with E-state index in [2.05, 4.69) is 5.32 Å². The fraction of sp³-hybridized carbons (Fsp3) is 0.0690. The summed E-state index contributed by atoms with van der Waals surface area (Å²) in [7, 11) is 0. The number of carbonyl (C=O) groups excluding carboxylic acids is 1. The quantitative estimate of drug-likeness (QED) is 0.340. The Morgan fingerprint density at radius 2 is 1.21 bits per heavy atom. The second-order valence-electron chi connectivity index (χ2n) is 8.05. The van der Waals surface area contributed by atoms with Gasteiger partial charge in [0.15, 0.2) is 0 Å². The molecule has 1 aromatic heterocycles. The Kier molecular flexibility index (Phi) is 5.41. The van der Waals surface area contributed by atoms with Crippen LogP contribution in [0.15, 0.2) is 97.1 Å². The van der Waals surface area contributed by atoms with Crippen LogP contribution in [0.1, 0.15) is 21.5 Å². The van der Waals surface area contributed by atoms with Crippen molar-refractivity contribution < 1.29 is 4.79 Å². The topological polar surface area (TPSA) is 54.9 Å². The molecular weight excluding hydrogens is 406 g/mol. The number of nitrogens with one attached hydrogen (secondary N) is 1. The molecule has 4 aromatic carbocycles. The molecule has 33 heavy (non-hydrogen) atoms. The fourth-order valence-corrected chi connectivity index (χ4v) is 3.86. The average Bonchev–Trinajstić information content (AvgIpc) is 2.86. The number of aryl methyl sites for hydroxylation is 1. The highest BCUT2D eigenvalue weighted by Crippen LogP contribution is 2.31. The number of hydrogen-bond acceptors (Lipinski definition) is 3. The van der Waals surface area contributed by atoms with Crippen LogP contribution in [0.3, 0.4) is 0 Å². The lowest BCUT2D eigenvalue weighted by Crippen LogP contribution is -2.13. The number of aromatic nitrogens is 2. The molecule has 1 heterocycles. The van der Waals surface area contributed by atoms with E-state index in [0.717, 1.165) is 50.4 Å². The van der Waals surface area contributed by atoms with Gasteiger partial charge < -0.3 is 5.32 Å². The average molecular weight is 430 g/mol. The lowest BCUT2D eigenvalue weighted by Gasteiger charge is -2.12. The van der Waals surface area contributed by atoms with Crippen molar-refractivity contribution in [2.24, 2.45) is 0 Å². The smallest absolute Gasteiger partial charge is 0.255 e. The van der Waals surface area contributed by atoms with Crippen LogP contribution in [0.5, 0.6) is 0 Å². The summed E-state index contributed by atoms with van der Waals surface area (Å²) in [5.74, 6) is -0.136. The molecule has 0 saturated heterocycles. The van der Waals surface area contributed by atoms with Gasteiger partial charge in [0.2, 0.25) is 0 Å². The van der Waals surface area contributed by atoms with Gasteiger partial charge in [-0.25, -0.2) is 9.97 Å². The number of hydrogen-bond donors (Lipinski definition) is 1. The van der Waals surface area contributed by atoms with Crippen LogP contribution in [-0.2, 0) is 0 Å². The predicted octanol–water partition coefficient (Wildman–Crippen LogP) is 6.83. The molecule has 0 spiro atoms. The SMILES string of the molecule is Cc1cccc(NC(=O)c2ccc(-c3nc4ccccc4nc3-c3ccccc3)cc2)c1C. The summed E-state index contributed by atoms with van der Waals surface area (Å²) in [6.07, 6.45) is 0. The van der Waals surface area contributed by atoms with Gasteiger partial charge in [-0.15, -0.1) is 0 Å². The summed E-state index contributed by atoms with van der Waals surface area (Å²) in [5, 5.41) is 3.02. The maximum absolute atomic E-state index is 12.8. The van der Waals surface area contributed by atoms with Crippen molar-refractivity contribution in [1.82, 2.24) is 9.97 Å². The number of rotatable bonds is 4. The van der Waals surface area contributed by atoms with Crippen molar-refractivity contribution >= 4 is 22.6 Å². The summed E-state index contributed by atoms with van der Waals surface area (Å²) in [4.78, 5) is 22.7. The maximum atomic E-state index is 12.8. The Labute approximate surface area is 193 Å². The van der Waals surface area contributed by atoms with Crippen molar-refractivity contribution in [2.45, 2.75) is 13.8 Å². The first kappa shape index (κ1) is 20.6. The van der Waals surface area contributed by atoms with Crippen LogP contribution < -0.4 is 5.32 Å². The number of anilines is 1. The standard InChI is InChI=1S/C29H23N3O/c1-19-9-8-14-24(20(19)2)32-29(33)23-17-15-22(16-18-23)28-27(21-10-4-3-5-11-21)30-25-12-6-7-13-26(25)31-28/h3-18H,1-2H3,(H,32,33). The molecule has 160 valence electrons. The summed E-state index contributed by atoms with van der Waals surface area (Å²) in [6, 6.07) is 31.4. The van der Waals surface area contributed by atoms with E-state index < -0.39 is 0 Å². The molecule has 4 nitrogen and oxygen atoms in total. The number of benzene rings is 4. The molecule has 0 aliphatic rings. The van der Waals surface area contributed by atoms with Crippen molar-refractivity contribution in [3.8, 4) is 22.5 Å². The van der Waals surface area contributed by atoms with E-state index in [-0.39, 0.29) is 5.91 Å². The molecule has 0 fully saturated rings. The normalized spacial score (nSPS) is 10.8. The van der Waals surface area contributed by atoms with Crippen molar-refractivity contribution in [3.05, 3.63) is 114 Å². The van der Waals surface area contributed by atoms with Gasteiger partial charge in [0.25, 0.3) is 5.91 Å². The van der Waals surface area contributed by atoms with E-state index >= 15 is 0 Å². The molecule has 0 saturated carbocycles. The lowest BCUT2D eigenvalue weighted by molar-refractivity contribution is 0.102. The zero-order valence-corrected chi connectivity index (χ0v) is 18.5. The van der Waals surface area contributed by atoms with E-state index in [0.29, 0.717) is 5.56 Å². The summed E-state index contributed by atoms with van der Waals surface area (Å²) in [5.41, 5.74) is 8.85. The minimum Gasteiger partial charge on any atom is -0.322 e. The third-order valence-electron chi connectivity index (χ3n) is 5.89. The number of nitrogens with zero attached hydrogens (tertiary/aromatic N) is 2. The van der Waals surface area contributed by atoms with Crippen molar-refractivity contribution in [1.29, 1.82) is 0 Å². The minimum atomic E-state index is -0.136. The molecule has 1 N–H and O–H groups in total. The first-order valence-corrected chi connectivity index (χ1v) is 10.9. The van der Waals surface area contributed by atoms with Crippen LogP contribution in [0.25, 0.3) is 33.5 Å². The van der Waals surface area contributed by atoms with Gasteiger partial charge in [0.1, 0.15) is 0 Å². The summed E-state index contributed by atoms with van der Waals surface area (Å²) >= 11 is 0. The Bertz CT molecular complexity index is 1460. The second kappa shape index (κ2) is 8.67. The molecule has 5 rings (SSSR count). The molecule has 0 aliphatic heterocycles. The van der Waals surface area contributed by atoms with Gasteiger partial charge in [0, 0.05) is 22.4 Å². The maximum Gasteiger partial charge on any atom is 0.255 e. The monoisotopic (exact) mass is 429 g/mol. The van der Waals surface area contributed by atoms with Crippen LogP contribution in [0, 0.1) is 13.8 Å². The molecular formula is C29H23N3O. The fourth-order valence-electron chi connectivity index (χ4n) is 3.86. The Balaban J connectivity index is 1.52. The minimum absolute atomic E-state index is 0.136. The third-order valence-corrected chi connectivity index (χ3v) is 5.89. The molecule has 0 radical (unpaired) electrons. The van der Waals surface area contributed by atoms with Gasteiger partial charge in [0.05, 0.1) is 22.4 Å². The molecule has 0 aliphatic carbocycles. The zero-order valence-electron chi connectivity index (χ0n) is 18.5. The first-order valence-electron chi connectivity index (χ1n) is 10.9. The number of para-hydroxylation sites is 2. The van der Waals surface area contributed by atoms with E-state index in [1.807, 2.05) is 111 Å². The Morgan fingerprint density at radius 1 is 0.636 bits per heavy atom. The Morgan fingerprint density at radius 3 is 1.85 bits per heavy atom. The van der Waals surface area contributed by atoms with E-state index in [1.165, 1.54) is 0 Å². The molecule has 0 unspecified atom stereocenters. The second-order valence-corrected chi connectivity index (χ2v) is 8.05. The predicted molar refractivity (Wildman–Crippen MR) is 134 cm³/mol. The van der Waals surface area contributed by atoms with Gasteiger partial charge in [-0.1, -0.05) is 66.7 Å². The van der Waals surface area contributed by atoms with Gasteiger partial charge in [-0.05, 0) is 55.3 Å². The zero-order chi connectivity index (χ0) is 22.8. The molecule has 5 aromatic rings. The van der Waals surface area contributed by atoms with E-state index in [1.54, 1.807) is 0 Å². The summed E-state index contributed by atoms with van der Waals surface area (Å²) in [6.45, 7) is 4.05. The first-order chi connectivity index (χ1) is 16.1. The molecule has 0 bridgehead atoms. The number of amides is 1. The van der Waals surface area contributed by atoms with Crippen molar-refractivity contribution in [2.75, 3.05) is 5.32 Å². The number of carbonyl (C=O) groups is 1. The van der Waals surface area contributed by atoms with Crippen LogP contribution in [-0.4, -0.2) is 15.9 Å². The van der Waals surface area contributed by atoms with Crippen LogP contribution >= 0.6 is 0 Å². The summed E-state index contributed by atoms with van der Waals surface area (Å²) < 4.78 is 0. The largest absolute Gasteiger partial charge is 0.322 e. The van der Waals surface area contributed by atoms with E-state index in [4.69, 9.17) is 9.97 Å². The molecule has 0 atom stereocenters. The van der Waals surface area contributed by atoms with Gasteiger partial charge in [-0.3, -0.25) is 4.79 Å². The third kappa shape index (κ3) is 4.11. The highest BCUT2D eigenvalue weighted by Gasteiger charge is 2.14.